The van der Waals surface area contributed by atoms with Crippen LogP contribution in [-0.4, -0.2) is 52.6 Å². The number of hydrogen-bond donors (Lipinski definition) is 1. The van der Waals surface area contributed by atoms with Crippen molar-refractivity contribution >= 4 is 17.2 Å². The topological polar surface area (TPSA) is 76.3 Å². The van der Waals surface area contributed by atoms with Gasteiger partial charge in [-0.05, 0) is 93.3 Å². The number of nitrogens with zero attached hydrogens (tertiary/aromatic N) is 3. The molecular formula is C35H41N3O4. The third-order valence-corrected chi connectivity index (χ3v) is 8.94. The van der Waals surface area contributed by atoms with E-state index in [2.05, 4.69) is 74.2 Å². The minimum absolute atomic E-state index is 0.0216. The quantitative estimate of drug-likeness (QED) is 0.279. The predicted octanol–water partition coefficient (Wildman–Crippen LogP) is 7.10. The first-order valence-electron chi connectivity index (χ1n) is 15.2. The normalized spacial score (nSPS) is 21.2. The van der Waals surface area contributed by atoms with Gasteiger partial charge in [0.25, 0.3) is 0 Å². The highest BCUT2D eigenvalue weighted by Crippen LogP contribution is 2.38. The average molecular weight is 568 g/mol. The first-order chi connectivity index (χ1) is 20.2. The second-order valence-electron chi connectivity index (χ2n) is 12.5. The number of carboxylic acid groups (broad SMARTS) is 1. The van der Waals surface area contributed by atoms with Crippen molar-refractivity contribution in [1.82, 2.24) is 9.61 Å². The van der Waals surface area contributed by atoms with Crippen LogP contribution in [0.25, 0.3) is 27.9 Å². The molecule has 4 aromatic rings. The van der Waals surface area contributed by atoms with Crippen molar-refractivity contribution in [3.05, 3.63) is 71.4 Å². The van der Waals surface area contributed by atoms with Crippen LogP contribution in [-0.2, 0) is 16.0 Å². The van der Waals surface area contributed by atoms with Gasteiger partial charge in [-0.2, -0.15) is 5.10 Å². The van der Waals surface area contributed by atoms with E-state index in [1.165, 1.54) is 5.56 Å². The lowest BCUT2D eigenvalue weighted by molar-refractivity contribution is -0.136. The molecule has 7 nitrogen and oxygen atoms in total. The molecule has 1 fully saturated rings. The maximum Gasteiger partial charge on any atom is 0.307 e. The second kappa shape index (κ2) is 11.4. The highest BCUT2D eigenvalue weighted by atomic mass is 16.5. The number of aliphatic carboxylic acids is 1. The van der Waals surface area contributed by atoms with Crippen molar-refractivity contribution < 1.29 is 19.4 Å². The van der Waals surface area contributed by atoms with Gasteiger partial charge in [0, 0.05) is 37.0 Å². The molecule has 5 heterocycles. The minimum Gasteiger partial charge on any atom is -0.493 e. The third-order valence-electron chi connectivity index (χ3n) is 8.94. The number of carbonyl (C=O) groups is 1. The fourth-order valence-electron chi connectivity index (χ4n) is 6.40. The molecule has 1 unspecified atom stereocenters. The summed E-state index contributed by atoms with van der Waals surface area (Å²) < 4.78 is 14.8. The van der Waals surface area contributed by atoms with Crippen molar-refractivity contribution in [3.8, 4) is 28.1 Å². The van der Waals surface area contributed by atoms with E-state index in [1.54, 1.807) is 0 Å². The summed E-state index contributed by atoms with van der Waals surface area (Å²) in [7, 11) is 0. The third kappa shape index (κ3) is 5.75. The number of pyridine rings is 1. The fraction of sp³-hybridized carbons (Fsp3) is 0.429. The second-order valence-corrected chi connectivity index (χ2v) is 12.5. The molecule has 2 aromatic heterocycles. The lowest BCUT2D eigenvalue weighted by atomic mass is 9.91. The maximum absolute atomic E-state index is 12.0. The monoisotopic (exact) mass is 567 g/mol. The van der Waals surface area contributed by atoms with Gasteiger partial charge in [0.05, 0.1) is 35.5 Å². The summed E-state index contributed by atoms with van der Waals surface area (Å²) >= 11 is 0. The SMILES string of the molecule is Cc1ccc2c(c1)-c1cccc(c1)-c1cc3c(c(CC(=O)O)c(C)cn3n1)N1CCC(C)(CC1)OCCCC(C)CO2. The van der Waals surface area contributed by atoms with Gasteiger partial charge in [-0.15, -0.1) is 0 Å². The first kappa shape index (κ1) is 28.3. The van der Waals surface area contributed by atoms with Crippen LogP contribution < -0.4 is 9.64 Å². The number of ether oxygens (including phenoxy) is 2. The van der Waals surface area contributed by atoms with Crippen molar-refractivity contribution in [1.29, 1.82) is 0 Å². The number of aromatic nitrogens is 2. The number of fused-ring (bicyclic) bond motifs is 8. The molecule has 0 spiro atoms. The molecule has 6 bridgehead atoms. The van der Waals surface area contributed by atoms with Crippen LogP contribution in [0.2, 0.25) is 0 Å². The summed E-state index contributed by atoms with van der Waals surface area (Å²) in [4.78, 5) is 14.3. The van der Waals surface area contributed by atoms with Crippen LogP contribution in [0.3, 0.4) is 0 Å². The molecule has 7 heteroatoms. The van der Waals surface area contributed by atoms with Crippen LogP contribution >= 0.6 is 0 Å². The van der Waals surface area contributed by atoms with E-state index < -0.39 is 5.97 Å². The molecular weight excluding hydrogens is 526 g/mol. The summed E-state index contributed by atoms with van der Waals surface area (Å²) in [5, 5.41) is 14.8. The Labute approximate surface area is 248 Å². The average Bonchev–Trinajstić information content (AvgIpc) is 3.39. The Kier molecular flexibility index (Phi) is 7.71. The Morgan fingerprint density at radius 3 is 2.67 bits per heavy atom. The van der Waals surface area contributed by atoms with E-state index >= 15 is 0 Å². The smallest absolute Gasteiger partial charge is 0.307 e. The summed E-state index contributed by atoms with van der Waals surface area (Å²) in [5.74, 6) is 0.474. The molecule has 42 heavy (non-hydrogen) atoms. The molecule has 220 valence electrons. The van der Waals surface area contributed by atoms with Crippen LogP contribution in [0, 0.1) is 19.8 Å². The first-order valence-corrected chi connectivity index (χ1v) is 15.2. The molecule has 1 saturated heterocycles. The Balaban J connectivity index is 1.49. The van der Waals surface area contributed by atoms with E-state index in [1.807, 2.05) is 17.6 Å². The molecule has 1 N–H and O–H groups in total. The summed E-state index contributed by atoms with van der Waals surface area (Å²) in [5.41, 5.74) is 8.71. The van der Waals surface area contributed by atoms with Gasteiger partial charge in [0.1, 0.15) is 5.75 Å². The largest absolute Gasteiger partial charge is 0.493 e. The van der Waals surface area contributed by atoms with Crippen molar-refractivity contribution in [2.45, 2.75) is 65.4 Å². The summed E-state index contributed by atoms with van der Waals surface area (Å²) in [6.45, 7) is 11.6. The maximum atomic E-state index is 12.0. The number of benzene rings is 2. The van der Waals surface area contributed by atoms with Gasteiger partial charge in [0.2, 0.25) is 0 Å². The van der Waals surface area contributed by atoms with Crippen molar-refractivity contribution in [2.24, 2.45) is 5.92 Å². The molecule has 0 saturated carbocycles. The van der Waals surface area contributed by atoms with Crippen LogP contribution in [0.4, 0.5) is 5.69 Å². The minimum atomic E-state index is -0.826. The van der Waals surface area contributed by atoms with Crippen LogP contribution in [0.5, 0.6) is 5.75 Å². The number of hydrogen-bond acceptors (Lipinski definition) is 5. The summed E-state index contributed by atoms with van der Waals surface area (Å²) in [6, 6.07) is 16.9. The molecule has 2 aromatic carbocycles. The molecule has 3 aliphatic heterocycles. The zero-order valence-corrected chi connectivity index (χ0v) is 25.2. The van der Waals surface area contributed by atoms with Gasteiger partial charge >= 0.3 is 5.97 Å². The van der Waals surface area contributed by atoms with E-state index in [0.29, 0.717) is 12.5 Å². The van der Waals surface area contributed by atoms with Crippen molar-refractivity contribution in [3.63, 3.8) is 0 Å². The Morgan fingerprint density at radius 2 is 1.88 bits per heavy atom. The molecule has 0 aliphatic carbocycles. The lowest BCUT2D eigenvalue weighted by Crippen LogP contribution is -2.45. The van der Waals surface area contributed by atoms with Crippen molar-refractivity contribution in [2.75, 3.05) is 31.2 Å². The fourth-order valence-corrected chi connectivity index (χ4v) is 6.40. The van der Waals surface area contributed by atoms with Gasteiger partial charge in [-0.1, -0.05) is 36.8 Å². The number of anilines is 1. The molecule has 0 amide bonds. The predicted molar refractivity (Wildman–Crippen MR) is 167 cm³/mol. The molecule has 7 rings (SSSR count). The summed E-state index contributed by atoms with van der Waals surface area (Å²) in [6.07, 6.45) is 5.75. The van der Waals surface area contributed by atoms with Gasteiger partial charge in [-0.3, -0.25) is 4.79 Å². The number of rotatable bonds is 2. The van der Waals surface area contributed by atoms with E-state index in [0.717, 1.165) is 95.8 Å². The standard InChI is InChI=1S/C35H41N3O4/c1-23-10-11-32-29(17-23)26-8-5-9-27(18-26)30-20-31-34(28(19-33(39)40)25(3)21-38(31)36-30)37-14-12-35(4,13-15-37)42-16-6-7-24(2)22-41-32/h5,8-11,17-18,20-21,24H,6-7,12-16,19,22H2,1-4H3,(H,39,40). The van der Waals surface area contributed by atoms with Gasteiger partial charge in [-0.25, -0.2) is 4.52 Å². The molecule has 1 atom stereocenters. The Morgan fingerprint density at radius 1 is 1.10 bits per heavy atom. The molecule has 3 aliphatic rings. The van der Waals surface area contributed by atoms with Gasteiger partial charge < -0.3 is 19.5 Å². The van der Waals surface area contributed by atoms with Gasteiger partial charge in [0.15, 0.2) is 0 Å². The van der Waals surface area contributed by atoms with Crippen LogP contribution in [0.15, 0.2) is 54.7 Å². The number of aryl methyl sites for hydroxylation is 2. The lowest BCUT2D eigenvalue weighted by Gasteiger charge is -2.41. The number of carboxylic acids is 1. The molecule has 0 radical (unpaired) electrons. The van der Waals surface area contributed by atoms with E-state index in [-0.39, 0.29) is 12.0 Å². The van der Waals surface area contributed by atoms with E-state index in [9.17, 15) is 9.90 Å². The van der Waals surface area contributed by atoms with Crippen LogP contribution in [0.1, 0.15) is 56.2 Å². The Hall–Kier alpha value is -3.84. The zero-order chi connectivity index (χ0) is 29.4. The number of piperidine rings is 1. The highest BCUT2D eigenvalue weighted by Gasteiger charge is 2.33. The zero-order valence-electron chi connectivity index (χ0n) is 25.2. The Bertz CT molecular complexity index is 1620. The van der Waals surface area contributed by atoms with E-state index in [4.69, 9.17) is 14.6 Å². The highest BCUT2D eigenvalue weighted by molar-refractivity contribution is 5.86.